The van der Waals surface area contributed by atoms with Gasteiger partial charge in [0.15, 0.2) is 5.82 Å². The van der Waals surface area contributed by atoms with E-state index in [1.165, 1.54) is 35.2 Å². The van der Waals surface area contributed by atoms with E-state index in [0.29, 0.717) is 22.6 Å². The number of piperidine rings is 1. The van der Waals surface area contributed by atoms with Gasteiger partial charge in [-0.3, -0.25) is 19.7 Å². The fourth-order valence-electron chi connectivity index (χ4n) is 7.35. The van der Waals surface area contributed by atoms with Gasteiger partial charge in [-0.15, -0.1) is 11.8 Å². The molecule has 0 radical (unpaired) electrons. The summed E-state index contributed by atoms with van der Waals surface area (Å²) in [5.74, 6) is 1.09. The normalized spacial score (nSPS) is 14.4. The van der Waals surface area contributed by atoms with Gasteiger partial charge in [0.05, 0.1) is 15.3 Å². The van der Waals surface area contributed by atoms with Crippen LogP contribution in [0.15, 0.2) is 131 Å². The molecule has 0 bridgehead atoms. The van der Waals surface area contributed by atoms with E-state index in [-0.39, 0.29) is 28.1 Å². The first-order valence-corrected chi connectivity index (χ1v) is 22.1. The maximum atomic E-state index is 13.8. The fourth-order valence-corrected chi connectivity index (χ4v) is 9.59. The monoisotopic (exact) mass is 835 g/mol. The summed E-state index contributed by atoms with van der Waals surface area (Å²) >= 11 is 8.09. The highest BCUT2D eigenvalue weighted by Gasteiger charge is 2.26. The minimum Gasteiger partial charge on any atom is -0.376 e. The Hall–Kier alpha value is -5.05. The van der Waals surface area contributed by atoms with Gasteiger partial charge < -0.3 is 10.2 Å². The Kier molecular flexibility index (Phi) is 13.2. The quantitative estimate of drug-likeness (QED) is 0.0552. The van der Waals surface area contributed by atoms with Gasteiger partial charge in [-0.1, -0.05) is 72.3 Å². The molecule has 0 saturated carbocycles. The van der Waals surface area contributed by atoms with E-state index in [9.17, 15) is 18.5 Å². The van der Waals surface area contributed by atoms with E-state index >= 15 is 0 Å². The van der Waals surface area contributed by atoms with Crippen molar-refractivity contribution in [3.8, 4) is 11.1 Å². The molecule has 7 rings (SSSR count). The third-order valence-electron chi connectivity index (χ3n) is 10.5. The van der Waals surface area contributed by atoms with Gasteiger partial charge in [0.1, 0.15) is 12.0 Å². The van der Waals surface area contributed by atoms with E-state index in [1.807, 2.05) is 86.9 Å². The molecule has 6 aromatic rings. The zero-order valence-corrected chi connectivity index (χ0v) is 34.8. The number of nitro groups is 1. The van der Waals surface area contributed by atoms with E-state index in [1.54, 1.807) is 11.8 Å². The molecule has 300 valence electrons. The van der Waals surface area contributed by atoms with Crippen LogP contribution in [-0.2, 0) is 16.6 Å². The van der Waals surface area contributed by atoms with Gasteiger partial charge in [0.2, 0.25) is 0 Å². The predicted molar refractivity (Wildman–Crippen MR) is 235 cm³/mol. The molecule has 1 saturated heterocycles. The Bertz CT molecular complexity index is 2470. The highest BCUT2D eigenvalue weighted by Crippen LogP contribution is 2.35. The predicted octanol–water partition coefficient (Wildman–Crippen LogP) is 9.56. The minimum absolute atomic E-state index is 0.105. The largest absolute Gasteiger partial charge is 0.376 e. The second kappa shape index (κ2) is 18.7. The molecule has 58 heavy (non-hydrogen) atoms. The molecule has 1 aromatic heterocycles. The molecule has 0 aliphatic carbocycles. The second-order valence-electron chi connectivity index (χ2n) is 14.8. The summed E-state index contributed by atoms with van der Waals surface area (Å²) in [5, 5.41) is 16.9. The number of aromatic nitrogens is 2. The zero-order chi connectivity index (χ0) is 40.6. The first kappa shape index (κ1) is 41.1. The molecule has 1 aliphatic rings. The average Bonchev–Trinajstić information content (AvgIpc) is 3.22. The van der Waals surface area contributed by atoms with Crippen LogP contribution in [0.1, 0.15) is 36.3 Å². The highest BCUT2D eigenvalue weighted by atomic mass is 35.5. The van der Waals surface area contributed by atoms with Crippen LogP contribution in [0.25, 0.3) is 22.0 Å². The van der Waals surface area contributed by atoms with Crippen molar-refractivity contribution in [1.29, 1.82) is 0 Å². The standard InChI is InChI=1S/C44H46ClN7O4S2/c1-50(2)22-21-36(29-57-37-11-7-4-8-12-37)48-41-18-15-38(27-43(41)52(53)54)58(55,56)49-44-40-16-13-33(26-42(40)46-30-47-44)31-19-23-51(24-20-31)28-34-25-35(45)14-17-39(34)32-9-5-3-6-10-32/h3-18,25-27,30-31,36,48H,19-24,28-29H2,1-2H3,(H,46,47,49)/t36-/m1/s1. The number of nitrogens with zero attached hydrogens (tertiary/aromatic N) is 5. The summed E-state index contributed by atoms with van der Waals surface area (Å²) in [5.41, 5.74) is 5.25. The first-order chi connectivity index (χ1) is 28.0. The van der Waals surface area contributed by atoms with Crippen LogP contribution < -0.4 is 10.0 Å². The number of likely N-dealkylation sites (tertiary alicyclic amines) is 1. The molecule has 11 nitrogen and oxygen atoms in total. The Morgan fingerprint density at radius 1 is 0.931 bits per heavy atom. The number of benzene rings is 5. The number of fused-ring (bicyclic) bond motifs is 1. The van der Waals surface area contributed by atoms with Crippen LogP contribution in [0, 0.1) is 10.1 Å². The number of rotatable bonds is 16. The Morgan fingerprint density at radius 2 is 1.67 bits per heavy atom. The van der Waals surface area contributed by atoms with Crippen molar-refractivity contribution in [2.24, 2.45) is 0 Å². The van der Waals surface area contributed by atoms with Crippen LogP contribution in [0.2, 0.25) is 5.02 Å². The topological polar surface area (TPSA) is 134 Å². The summed E-state index contributed by atoms with van der Waals surface area (Å²) < 4.78 is 30.1. The fraction of sp³-hybridized carbons (Fsp3) is 0.273. The number of nitrogens with one attached hydrogen (secondary N) is 2. The molecule has 2 heterocycles. The van der Waals surface area contributed by atoms with Crippen molar-refractivity contribution < 1.29 is 13.3 Å². The van der Waals surface area contributed by atoms with Crippen molar-refractivity contribution >= 4 is 61.5 Å². The number of halogens is 1. The van der Waals surface area contributed by atoms with Gasteiger partial charge in [-0.05, 0) is 130 Å². The minimum atomic E-state index is -4.26. The number of nitro benzene ring substituents is 1. The molecule has 1 fully saturated rings. The third-order valence-corrected chi connectivity index (χ3v) is 13.2. The molecule has 2 N–H and O–H groups in total. The number of anilines is 2. The summed E-state index contributed by atoms with van der Waals surface area (Å²) in [6, 6.07) is 36.1. The van der Waals surface area contributed by atoms with Crippen LogP contribution in [0.4, 0.5) is 17.2 Å². The number of hydrogen-bond acceptors (Lipinski definition) is 10. The van der Waals surface area contributed by atoms with E-state index in [4.69, 9.17) is 11.6 Å². The highest BCUT2D eigenvalue weighted by molar-refractivity contribution is 7.99. The number of sulfonamides is 1. The molecular formula is C44H46ClN7O4S2. The number of hydrogen-bond donors (Lipinski definition) is 2. The van der Waals surface area contributed by atoms with Crippen LogP contribution in [0.3, 0.4) is 0 Å². The third kappa shape index (κ3) is 10.3. The van der Waals surface area contributed by atoms with E-state index in [0.717, 1.165) is 67.0 Å². The maximum Gasteiger partial charge on any atom is 0.293 e. The SMILES string of the molecule is CN(C)CC[C@H](CSc1ccccc1)Nc1ccc(S(=O)(=O)Nc2ncnc3cc(C4CCN(Cc5cc(Cl)ccc5-c5ccccc5)CC4)ccc23)cc1[N+](=O)[O-]. The maximum absolute atomic E-state index is 13.8. The molecule has 1 aliphatic heterocycles. The first-order valence-electron chi connectivity index (χ1n) is 19.2. The van der Waals surface area contributed by atoms with Crippen molar-refractivity contribution in [3.05, 3.63) is 148 Å². The summed E-state index contributed by atoms with van der Waals surface area (Å²) in [4.78, 5) is 25.9. The molecule has 0 amide bonds. The van der Waals surface area contributed by atoms with Gasteiger partial charge in [0, 0.05) is 39.7 Å². The molecule has 14 heteroatoms. The zero-order valence-electron chi connectivity index (χ0n) is 32.4. The smallest absolute Gasteiger partial charge is 0.293 e. The molecule has 5 aromatic carbocycles. The molecular weight excluding hydrogens is 790 g/mol. The van der Waals surface area contributed by atoms with Crippen LogP contribution >= 0.6 is 23.4 Å². The van der Waals surface area contributed by atoms with E-state index in [2.05, 4.69) is 54.1 Å². The van der Waals surface area contributed by atoms with Gasteiger partial charge in [0.25, 0.3) is 15.7 Å². The van der Waals surface area contributed by atoms with Crippen molar-refractivity contribution in [2.75, 3.05) is 49.5 Å². The Balaban J connectivity index is 1.03. The molecule has 1 atom stereocenters. The lowest BCUT2D eigenvalue weighted by molar-refractivity contribution is -0.384. The average molecular weight is 836 g/mol. The summed E-state index contributed by atoms with van der Waals surface area (Å²) in [7, 11) is -0.301. The summed E-state index contributed by atoms with van der Waals surface area (Å²) in [6.45, 7) is 3.41. The summed E-state index contributed by atoms with van der Waals surface area (Å²) in [6.07, 6.45) is 3.98. The Morgan fingerprint density at radius 3 is 2.40 bits per heavy atom. The Labute approximate surface area is 349 Å². The molecule has 0 unspecified atom stereocenters. The molecule has 0 spiro atoms. The lowest BCUT2D eigenvalue weighted by atomic mass is 9.88. The van der Waals surface area contributed by atoms with Crippen molar-refractivity contribution in [1.82, 2.24) is 19.8 Å². The lowest BCUT2D eigenvalue weighted by Gasteiger charge is -2.32. The lowest BCUT2D eigenvalue weighted by Crippen LogP contribution is -2.32. The number of thioether (sulfide) groups is 1. The second-order valence-corrected chi connectivity index (χ2v) is 18.0. The van der Waals surface area contributed by atoms with Gasteiger partial charge in [-0.25, -0.2) is 18.4 Å². The van der Waals surface area contributed by atoms with Gasteiger partial charge >= 0.3 is 0 Å². The van der Waals surface area contributed by atoms with E-state index < -0.39 is 14.9 Å². The van der Waals surface area contributed by atoms with Crippen molar-refractivity contribution in [2.45, 2.75) is 47.6 Å². The van der Waals surface area contributed by atoms with Gasteiger partial charge in [-0.2, -0.15) is 0 Å². The van der Waals surface area contributed by atoms with Crippen LogP contribution in [-0.4, -0.2) is 78.6 Å². The van der Waals surface area contributed by atoms with Crippen LogP contribution in [0.5, 0.6) is 0 Å². The van der Waals surface area contributed by atoms with Crippen molar-refractivity contribution in [3.63, 3.8) is 0 Å².